The Hall–Kier alpha value is -0.850. The summed E-state index contributed by atoms with van der Waals surface area (Å²) in [6.45, 7) is 2.26. The topological polar surface area (TPSA) is 17.1 Å². The highest BCUT2D eigenvalue weighted by atomic mass is 16.1. The van der Waals surface area contributed by atoms with Crippen LogP contribution in [0, 0.1) is 17.3 Å². The molecule has 0 aromatic rings. The number of allylic oxidation sites excluding steroid dienone is 4. The van der Waals surface area contributed by atoms with Crippen LogP contribution in [-0.4, -0.2) is 5.78 Å². The summed E-state index contributed by atoms with van der Waals surface area (Å²) in [5.74, 6) is 1.72. The molecule has 3 unspecified atom stereocenters. The molecule has 0 N–H and O–H groups in total. The molecule has 1 nitrogen and oxygen atoms in total. The van der Waals surface area contributed by atoms with Crippen molar-refractivity contribution in [2.45, 2.75) is 32.6 Å². The minimum Gasteiger partial charge on any atom is -0.295 e. The molecule has 4 aliphatic carbocycles. The molecular formula is C13H16O. The lowest BCUT2D eigenvalue weighted by molar-refractivity contribution is -0.117. The Balaban J connectivity index is 2.09. The van der Waals surface area contributed by atoms with Crippen molar-refractivity contribution in [2.75, 3.05) is 0 Å². The van der Waals surface area contributed by atoms with Crippen LogP contribution < -0.4 is 0 Å². The number of ketones is 1. The van der Waals surface area contributed by atoms with E-state index in [1.807, 2.05) is 6.08 Å². The molecule has 74 valence electrons. The second kappa shape index (κ2) is 2.59. The summed E-state index contributed by atoms with van der Waals surface area (Å²) in [5.41, 5.74) is 1.83. The maximum absolute atomic E-state index is 11.4. The van der Waals surface area contributed by atoms with Gasteiger partial charge >= 0.3 is 0 Å². The summed E-state index contributed by atoms with van der Waals surface area (Å²) in [5, 5.41) is 0. The Bertz CT molecular complexity index is 350. The van der Waals surface area contributed by atoms with Gasteiger partial charge in [0.25, 0.3) is 0 Å². The molecule has 0 aliphatic heterocycles. The van der Waals surface area contributed by atoms with Crippen molar-refractivity contribution in [3.63, 3.8) is 0 Å². The standard InChI is InChI=1S/C13H16O/c1-9-8-13-4-2-10(9)6-11(13)7-12(14)3-5-13/h3,5,8,10-11H,2,4,6-7H2,1H3. The summed E-state index contributed by atoms with van der Waals surface area (Å²) in [6, 6.07) is 0. The smallest absolute Gasteiger partial charge is 0.155 e. The fourth-order valence-corrected chi connectivity index (χ4v) is 3.55. The van der Waals surface area contributed by atoms with Crippen molar-refractivity contribution in [1.82, 2.24) is 0 Å². The second-order valence-corrected chi connectivity index (χ2v) is 5.17. The number of fused-ring (bicyclic) bond motifs is 1. The minimum atomic E-state index is 0.271. The quantitative estimate of drug-likeness (QED) is 0.534. The number of hydrogen-bond acceptors (Lipinski definition) is 1. The molecule has 3 atom stereocenters. The number of rotatable bonds is 0. The summed E-state index contributed by atoms with van der Waals surface area (Å²) < 4.78 is 0. The van der Waals surface area contributed by atoms with Crippen molar-refractivity contribution in [3.8, 4) is 0 Å². The van der Waals surface area contributed by atoms with Gasteiger partial charge in [-0.05, 0) is 44.1 Å². The third-order valence-electron chi connectivity index (χ3n) is 4.42. The zero-order chi connectivity index (χ0) is 9.76. The summed E-state index contributed by atoms with van der Waals surface area (Å²) in [7, 11) is 0. The van der Waals surface area contributed by atoms with Crippen LogP contribution in [0.2, 0.25) is 0 Å². The fraction of sp³-hybridized carbons (Fsp3) is 0.615. The van der Waals surface area contributed by atoms with Crippen LogP contribution >= 0.6 is 0 Å². The van der Waals surface area contributed by atoms with Gasteiger partial charge in [-0.25, -0.2) is 0 Å². The highest BCUT2D eigenvalue weighted by molar-refractivity contribution is 5.91. The van der Waals surface area contributed by atoms with Gasteiger partial charge < -0.3 is 0 Å². The SMILES string of the molecule is CC1=CC23C=CC(=O)CC2CC1CC3. The van der Waals surface area contributed by atoms with E-state index in [9.17, 15) is 4.79 Å². The van der Waals surface area contributed by atoms with Gasteiger partial charge in [-0.1, -0.05) is 17.7 Å². The van der Waals surface area contributed by atoms with Crippen molar-refractivity contribution < 1.29 is 4.79 Å². The Morgan fingerprint density at radius 1 is 1.50 bits per heavy atom. The Morgan fingerprint density at radius 2 is 2.36 bits per heavy atom. The predicted octanol–water partition coefficient (Wildman–Crippen LogP) is 2.88. The van der Waals surface area contributed by atoms with Gasteiger partial charge in [-0.2, -0.15) is 0 Å². The van der Waals surface area contributed by atoms with Crippen LogP contribution in [0.15, 0.2) is 23.8 Å². The molecule has 2 bridgehead atoms. The molecule has 0 amide bonds. The van der Waals surface area contributed by atoms with E-state index in [-0.39, 0.29) is 5.41 Å². The molecule has 0 saturated heterocycles. The van der Waals surface area contributed by atoms with Crippen LogP contribution in [0.3, 0.4) is 0 Å². The summed E-state index contributed by atoms with van der Waals surface area (Å²) in [4.78, 5) is 11.4. The second-order valence-electron chi connectivity index (χ2n) is 5.17. The van der Waals surface area contributed by atoms with Crippen LogP contribution in [0.25, 0.3) is 0 Å². The van der Waals surface area contributed by atoms with E-state index in [0.29, 0.717) is 11.7 Å². The van der Waals surface area contributed by atoms with Gasteiger partial charge in [0.1, 0.15) is 0 Å². The Kier molecular flexibility index (Phi) is 1.56. The highest BCUT2D eigenvalue weighted by Gasteiger charge is 2.46. The van der Waals surface area contributed by atoms with Crippen LogP contribution in [0.4, 0.5) is 0 Å². The van der Waals surface area contributed by atoms with E-state index in [2.05, 4.69) is 19.1 Å². The van der Waals surface area contributed by atoms with Crippen molar-refractivity contribution >= 4 is 5.78 Å². The van der Waals surface area contributed by atoms with E-state index in [1.54, 1.807) is 5.57 Å². The number of carbonyl (C=O) groups is 1. The highest BCUT2D eigenvalue weighted by Crippen LogP contribution is 2.55. The molecular weight excluding hydrogens is 172 g/mol. The Morgan fingerprint density at radius 3 is 3.14 bits per heavy atom. The van der Waals surface area contributed by atoms with Gasteiger partial charge in [-0.3, -0.25) is 4.79 Å². The first-order chi connectivity index (χ1) is 6.70. The summed E-state index contributed by atoms with van der Waals surface area (Å²) >= 11 is 0. The van der Waals surface area contributed by atoms with Gasteiger partial charge in [-0.15, -0.1) is 0 Å². The molecule has 1 saturated carbocycles. The lowest BCUT2D eigenvalue weighted by Gasteiger charge is -2.50. The molecule has 0 aromatic heterocycles. The predicted molar refractivity (Wildman–Crippen MR) is 55.8 cm³/mol. The summed E-state index contributed by atoms with van der Waals surface area (Å²) in [6.07, 6.45) is 11.1. The van der Waals surface area contributed by atoms with Crippen LogP contribution in [0.5, 0.6) is 0 Å². The lowest BCUT2D eigenvalue weighted by atomic mass is 9.54. The molecule has 14 heavy (non-hydrogen) atoms. The molecule has 4 aliphatic rings. The van der Waals surface area contributed by atoms with E-state index < -0.39 is 0 Å². The molecule has 0 heterocycles. The first kappa shape index (κ1) is 8.46. The van der Waals surface area contributed by atoms with Crippen molar-refractivity contribution in [3.05, 3.63) is 23.8 Å². The lowest BCUT2D eigenvalue weighted by Crippen LogP contribution is -2.41. The molecule has 4 rings (SSSR count). The maximum atomic E-state index is 11.4. The van der Waals surface area contributed by atoms with E-state index in [4.69, 9.17) is 0 Å². The molecule has 0 aromatic carbocycles. The minimum absolute atomic E-state index is 0.271. The number of hydrogen-bond donors (Lipinski definition) is 0. The Labute approximate surface area is 84.9 Å². The van der Waals surface area contributed by atoms with Crippen molar-refractivity contribution in [2.24, 2.45) is 17.3 Å². The van der Waals surface area contributed by atoms with E-state index in [1.165, 1.54) is 19.3 Å². The van der Waals surface area contributed by atoms with E-state index in [0.717, 1.165) is 12.3 Å². The fourth-order valence-electron chi connectivity index (χ4n) is 3.55. The van der Waals surface area contributed by atoms with Crippen molar-refractivity contribution in [1.29, 1.82) is 0 Å². The number of carbonyl (C=O) groups excluding carboxylic acids is 1. The third kappa shape index (κ3) is 0.985. The first-order valence-corrected chi connectivity index (χ1v) is 5.61. The van der Waals surface area contributed by atoms with Gasteiger partial charge in [0.15, 0.2) is 5.78 Å². The zero-order valence-electron chi connectivity index (χ0n) is 8.62. The van der Waals surface area contributed by atoms with E-state index >= 15 is 0 Å². The molecule has 1 spiro atoms. The normalized spacial score (nSPS) is 44.9. The average molecular weight is 188 g/mol. The maximum Gasteiger partial charge on any atom is 0.155 e. The first-order valence-electron chi connectivity index (χ1n) is 5.61. The monoisotopic (exact) mass is 188 g/mol. The van der Waals surface area contributed by atoms with Gasteiger partial charge in [0, 0.05) is 11.8 Å². The molecule has 1 heteroatoms. The third-order valence-corrected chi connectivity index (χ3v) is 4.42. The largest absolute Gasteiger partial charge is 0.295 e. The molecule has 1 fully saturated rings. The molecule has 0 radical (unpaired) electrons. The van der Waals surface area contributed by atoms with Gasteiger partial charge in [0.05, 0.1) is 0 Å². The van der Waals surface area contributed by atoms with Crippen LogP contribution in [-0.2, 0) is 4.79 Å². The average Bonchev–Trinajstić information content (AvgIpc) is 2.17. The van der Waals surface area contributed by atoms with Gasteiger partial charge in [0.2, 0.25) is 0 Å². The zero-order valence-corrected chi connectivity index (χ0v) is 8.62. The van der Waals surface area contributed by atoms with Crippen LogP contribution in [0.1, 0.15) is 32.6 Å².